The molecule has 0 saturated carbocycles. The van der Waals surface area contributed by atoms with Crippen molar-refractivity contribution in [2.24, 2.45) is 0 Å². The van der Waals surface area contributed by atoms with Crippen molar-refractivity contribution in [1.29, 1.82) is 0 Å². The molecule has 5 rings (SSSR count). The third-order valence-electron chi connectivity index (χ3n) is 6.38. The molecule has 1 aromatic carbocycles. The van der Waals surface area contributed by atoms with Gasteiger partial charge in [-0.1, -0.05) is 6.07 Å². The lowest BCUT2D eigenvalue weighted by Gasteiger charge is -2.28. The number of ether oxygens (including phenoxy) is 1. The van der Waals surface area contributed by atoms with Gasteiger partial charge in [-0.2, -0.15) is 0 Å². The molecule has 0 radical (unpaired) electrons. The summed E-state index contributed by atoms with van der Waals surface area (Å²) >= 11 is 0. The number of nitrogens with one attached hydrogen (secondary N) is 2. The van der Waals surface area contributed by atoms with Crippen LogP contribution in [-0.2, 0) is 14.8 Å². The first-order valence-electron chi connectivity index (χ1n) is 13.3. The van der Waals surface area contributed by atoms with E-state index in [-0.39, 0.29) is 29.4 Å². The van der Waals surface area contributed by atoms with Gasteiger partial charge in [0.25, 0.3) is 0 Å². The summed E-state index contributed by atoms with van der Waals surface area (Å²) in [7, 11) is -3.91. The second kappa shape index (κ2) is 12.3. The van der Waals surface area contributed by atoms with Crippen molar-refractivity contribution >= 4 is 38.4 Å². The molecule has 0 bridgehead atoms. The maximum Gasteiger partial charge on any atom is 0.232 e. The molecular weight excluding hydrogens is 552 g/mol. The zero-order chi connectivity index (χ0) is 29.0. The summed E-state index contributed by atoms with van der Waals surface area (Å²) in [6.07, 6.45) is 1.54. The van der Waals surface area contributed by atoms with Crippen LogP contribution in [0.5, 0.6) is 0 Å². The van der Waals surface area contributed by atoms with Gasteiger partial charge in [0, 0.05) is 36.5 Å². The van der Waals surface area contributed by atoms with Crippen LogP contribution in [0.2, 0.25) is 0 Å². The lowest BCUT2D eigenvalue weighted by Crippen LogP contribution is -2.37. The highest BCUT2D eigenvalue weighted by Crippen LogP contribution is 2.32. The van der Waals surface area contributed by atoms with Crippen LogP contribution in [0.15, 0.2) is 48.7 Å². The summed E-state index contributed by atoms with van der Waals surface area (Å²) in [4.78, 5) is 20.9. The van der Waals surface area contributed by atoms with Crippen LogP contribution in [0.25, 0.3) is 33.7 Å². The molecule has 0 amide bonds. The highest BCUT2D eigenvalue weighted by atomic mass is 32.2. The number of nitrogens with zero attached hydrogens (tertiary/aromatic N) is 5. The number of aromatic nitrogens is 4. The average Bonchev–Trinajstić information content (AvgIpc) is 2.97. The number of pyridine rings is 2. The normalized spacial score (nSPS) is 14.0. The summed E-state index contributed by atoms with van der Waals surface area (Å²) < 4.78 is 60.3. The summed E-state index contributed by atoms with van der Waals surface area (Å²) in [6, 6.07) is 11.8. The predicted octanol–water partition coefficient (Wildman–Crippen LogP) is 4.65. The van der Waals surface area contributed by atoms with Crippen molar-refractivity contribution in [1.82, 2.24) is 19.9 Å². The van der Waals surface area contributed by atoms with Crippen LogP contribution in [0.3, 0.4) is 0 Å². The van der Waals surface area contributed by atoms with Crippen LogP contribution in [0.4, 0.5) is 26.1 Å². The van der Waals surface area contributed by atoms with E-state index in [4.69, 9.17) is 19.7 Å². The number of alkyl halides is 1. The number of hydrogen-bond donors (Lipinski definition) is 2. The molecule has 41 heavy (non-hydrogen) atoms. The van der Waals surface area contributed by atoms with Crippen molar-refractivity contribution in [3.8, 4) is 22.6 Å². The van der Waals surface area contributed by atoms with Crippen LogP contribution < -0.4 is 14.9 Å². The molecule has 1 fully saturated rings. The molecule has 10 nitrogen and oxygen atoms in total. The zero-order valence-electron chi connectivity index (χ0n) is 22.8. The van der Waals surface area contributed by atoms with Gasteiger partial charge in [0.15, 0.2) is 17.5 Å². The third kappa shape index (κ3) is 6.68. The smallest absolute Gasteiger partial charge is 0.232 e. The minimum atomic E-state index is -3.91. The topological polar surface area (TPSA) is 122 Å². The van der Waals surface area contributed by atoms with Gasteiger partial charge < -0.3 is 15.0 Å². The van der Waals surface area contributed by atoms with Crippen LogP contribution >= 0.6 is 0 Å². The first kappa shape index (κ1) is 28.6. The van der Waals surface area contributed by atoms with Gasteiger partial charge in [0.05, 0.1) is 42.5 Å². The Morgan fingerprint density at radius 1 is 1.05 bits per heavy atom. The second-order valence-corrected chi connectivity index (χ2v) is 11.7. The Morgan fingerprint density at radius 3 is 2.56 bits per heavy atom. The molecule has 0 spiro atoms. The first-order valence-corrected chi connectivity index (χ1v) is 15.0. The van der Waals surface area contributed by atoms with Crippen LogP contribution in [0, 0.1) is 5.82 Å². The standard InChI is InChI=1S/C28H31F2N7O3S/c1-18(2)32-24-10-7-19(17-31-24)27-34-23-9-8-21(33-26(23)28(35-27)37-12-14-40-15-13-37)20-5-3-6-22(25(20)30)36-41(38,39)16-4-11-29/h3,5-10,17-18,36H,4,11-16H2,1-2H3,(H,31,32). The quantitative estimate of drug-likeness (QED) is 0.275. The van der Waals surface area contributed by atoms with E-state index in [1.165, 1.54) is 18.2 Å². The van der Waals surface area contributed by atoms with Gasteiger partial charge in [-0.05, 0) is 56.7 Å². The molecule has 4 aromatic rings. The van der Waals surface area contributed by atoms with Crippen molar-refractivity contribution in [2.75, 3.05) is 53.7 Å². The molecule has 1 aliphatic heterocycles. The number of benzene rings is 1. The fourth-order valence-electron chi connectivity index (χ4n) is 4.45. The van der Waals surface area contributed by atoms with Crippen molar-refractivity contribution < 1.29 is 21.9 Å². The number of fused-ring (bicyclic) bond motifs is 1. The second-order valence-electron chi connectivity index (χ2n) is 9.90. The van der Waals surface area contributed by atoms with Gasteiger partial charge in [-0.25, -0.2) is 32.7 Å². The van der Waals surface area contributed by atoms with Gasteiger partial charge in [-0.3, -0.25) is 9.11 Å². The Balaban J connectivity index is 1.56. The van der Waals surface area contributed by atoms with E-state index in [1.807, 2.05) is 26.0 Å². The minimum Gasteiger partial charge on any atom is -0.378 e. The number of halogens is 2. The molecule has 0 unspecified atom stereocenters. The Morgan fingerprint density at radius 2 is 1.85 bits per heavy atom. The number of hydrogen-bond acceptors (Lipinski definition) is 9. The number of rotatable bonds is 10. The number of anilines is 3. The van der Waals surface area contributed by atoms with E-state index >= 15 is 4.39 Å². The first-order chi connectivity index (χ1) is 19.7. The molecule has 2 N–H and O–H groups in total. The summed E-state index contributed by atoms with van der Waals surface area (Å²) in [6.45, 7) is 5.53. The van der Waals surface area contributed by atoms with E-state index in [9.17, 15) is 12.8 Å². The van der Waals surface area contributed by atoms with Crippen LogP contribution in [-0.4, -0.2) is 73.1 Å². The Kier molecular flexibility index (Phi) is 8.54. The fraction of sp³-hybridized carbons (Fsp3) is 0.357. The van der Waals surface area contributed by atoms with Gasteiger partial charge in [0.2, 0.25) is 10.0 Å². The molecule has 1 saturated heterocycles. The Hall–Kier alpha value is -3.97. The highest BCUT2D eigenvalue weighted by molar-refractivity contribution is 7.92. The molecule has 0 atom stereocenters. The third-order valence-corrected chi connectivity index (χ3v) is 7.74. The largest absolute Gasteiger partial charge is 0.378 e. The minimum absolute atomic E-state index is 0.104. The summed E-state index contributed by atoms with van der Waals surface area (Å²) in [5.41, 5.74) is 1.94. The maximum atomic E-state index is 15.6. The van der Waals surface area contributed by atoms with Crippen LogP contribution in [0.1, 0.15) is 20.3 Å². The molecule has 216 valence electrons. The predicted molar refractivity (Wildman–Crippen MR) is 156 cm³/mol. The van der Waals surface area contributed by atoms with E-state index < -0.39 is 28.3 Å². The average molecular weight is 584 g/mol. The van der Waals surface area contributed by atoms with Gasteiger partial charge in [-0.15, -0.1) is 0 Å². The lowest BCUT2D eigenvalue weighted by molar-refractivity contribution is 0.122. The number of morpholine rings is 1. The molecule has 0 aliphatic carbocycles. The van der Waals surface area contributed by atoms with E-state index in [1.54, 1.807) is 18.3 Å². The van der Waals surface area contributed by atoms with Crippen molar-refractivity contribution in [2.45, 2.75) is 26.3 Å². The van der Waals surface area contributed by atoms with E-state index in [2.05, 4.69) is 19.9 Å². The zero-order valence-corrected chi connectivity index (χ0v) is 23.6. The van der Waals surface area contributed by atoms with E-state index in [0.717, 1.165) is 11.4 Å². The summed E-state index contributed by atoms with van der Waals surface area (Å²) in [5, 5.41) is 3.26. The van der Waals surface area contributed by atoms with Gasteiger partial charge in [0.1, 0.15) is 11.3 Å². The van der Waals surface area contributed by atoms with Gasteiger partial charge >= 0.3 is 0 Å². The molecule has 1 aliphatic rings. The van der Waals surface area contributed by atoms with E-state index in [0.29, 0.717) is 49.0 Å². The summed E-state index contributed by atoms with van der Waals surface area (Å²) in [5.74, 6) is 0.584. The Bertz CT molecular complexity index is 1630. The fourth-order valence-corrected chi connectivity index (χ4v) is 5.54. The Labute approximate surface area is 237 Å². The monoisotopic (exact) mass is 583 g/mol. The molecular formula is C28H31F2N7O3S. The molecule has 3 aromatic heterocycles. The lowest BCUT2D eigenvalue weighted by atomic mass is 10.1. The molecule has 13 heteroatoms. The van der Waals surface area contributed by atoms with Crippen molar-refractivity contribution in [3.05, 3.63) is 54.5 Å². The maximum absolute atomic E-state index is 15.6. The number of sulfonamides is 1. The SMILES string of the molecule is CC(C)Nc1ccc(-c2nc(N3CCOCC3)c3nc(-c4cccc(NS(=O)(=O)CCCF)c4F)ccc3n2)cn1. The molecule has 4 heterocycles. The van der Waals surface area contributed by atoms with Crippen molar-refractivity contribution in [3.63, 3.8) is 0 Å². The highest BCUT2D eigenvalue weighted by Gasteiger charge is 2.22.